The predicted molar refractivity (Wildman–Crippen MR) is 190 cm³/mol. The van der Waals surface area contributed by atoms with Crippen LogP contribution in [0.1, 0.15) is 84.5 Å². The van der Waals surface area contributed by atoms with E-state index in [1.54, 1.807) is 0 Å². The zero-order valence-corrected chi connectivity index (χ0v) is 30.0. The van der Waals surface area contributed by atoms with Gasteiger partial charge in [0.05, 0.1) is 12.6 Å². The first kappa shape index (κ1) is 45.0. The van der Waals surface area contributed by atoms with Gasteiger partial charge in [-0.2, -0.15) is 0 Å². The summed E-state index contributed by atoms with van der Waals surface area (Å²) in [6.07, 6.45) is 3.70. The number of nitrogens with zero attached hydrogens (tertiary/aromatic N) is 2. The van der Waals surface area contributed by atoms with Gasteiger partial charge in [-0.05, 0) is 89.6 Å². The maximum atomic E-state index is 13.7. The van der Waals surface area contributed by atoms with Crippen molar-refractivity contribution in [1.82, 2.24) is 26.2 Å². The normalized spacial score (nSPS) is 17.1. The van der Waals surface area contributed by atoms with Gasteiger partial charge in [0.15, 0.2) is 5.96 Å². The van der Waals surface area contributed by atoms with E-state index in [1.165, 1.54) is 4.90 Å². The second kappa shape index (κ2) is 24.2. The number of guanidine groups is 1. The van der Waals surface area contributed by atoms with E-state index in [-0.39, 0.29) is 57.1 Å². The number of rotatable bonds is 25. The highest BCUT2D eigenvalue weighted by Crippen LogP contribution is 2.19. The number of likely N-dealkylation sites (tertiary alicyclic amines) is 1. The van der Waals surface area contributed by atoms with Gasteiger partial charge in [-0.3, -0.25) is 29.0 Å². The van der Waals surface area contributed by atoms with Crippen LogP contribution in [0.4, 0.5) is 0 Å². The van der Waals surface area contributed by atoms with Crippen LogP contribution in [-0.2, 0) is 28.8 Å². The molecule has 1 heterocycles. The minimum atomic E-state index is -1.33. The molecule has 16 N–H and O–H groups in total. The molecule has 19 nitrogen and oxygen atoms in total. The number of aliphatic imine (C=N–C) groups is 1. The third-order valence-electron chi connectivity index (χ3n) is 8.42. The number of amides is 5. The Morgan fingerprint density at radius 1 is 0.784 bits per heavy atom. The molecule has 1 fully saturated rings. The second-order valence-electron chi connectivity index (χ2n) is 13.2. The molecule has 292 valence electrons. The Morgan fingerprint density at radius 3 is 1.84 bits per heavy atom. The number of carbonyl (C=O) groups is 6. The number of aliphatic hydroxyl groups is 1. The molecule has 0 saturated carbocycles. The topological polar surface area (TPSA) is 337 Å². The molecular formula is C32H61N11O8. The molecule has 1 aliphatic rings. The summed E-state index contributed by atoms with van der Waals surface area (Å²) in [4.78, 5) is 83.7. The smallest absolute Gasteiger partial charge is 0.326 e. The van der Waals surface area contributed by atoms with Crippen LogP contribution in [0.3, 0.4) is 0 Å². The molecule has 5 amide bonds. The average molecular weight is 728 g/mol. The monoisotopic (exact) mass is 727 g/mol. The van der Waals surface area contributed by atoms with E-state index in [0.29, 0.717) is 51.6 Å². The van der Waals surface area contributed by atoms with Crippen molar-refractivity contribution in [2.24, 2.45) is 39.6 Å². The molecule has 1 rings (SSSR count). The first-order valence-corrected chi connectivity index (χ1v) is 17.7. The van der Waals surface area contributed by atoms with E-state index in [0.717, 1.165) is 0 Å². The molecule has 0 spiro atoms. The maximum absolute atomic E-state index is 13.7. The van der Waals surface area contributed by atoms with Crippen LogP contribution in [0.5, 0.6) is 0 Å². The van der Waals surface area contributed by atoms with Crippen molar-refractivity contribution < 1.29 is 39.0 Å². The zero-order chi connectivity index (χ0) is 38.5. The molecular weight excluding hydrogens is 666 g/mol. The Balaban J connectivity index is 3.19. The van der Waals surface area contributed by atoms with Gasteiger partial charge in [0.2, 0.25) is 29.5 Å². The third-order valence-corrected chi connectivity index (χ3v) is 8.42. The first-order valence-electron chi connectivity index (χ1n) is 17.7. The van der Waals surface area contributed by atoms with E-state index in [1.807, 2.05) is 13.8 Å². The van der Waals surface area contributed by atoms with Crippen molar-refractivity contribution in [2.75, 3.05) is 32.8 Å². The van der Waals surface area contributed by atoms with Crippen LogP contribution in [0.25, 0.3) is 0 Å². The Morgan fingerprint density at radius 2 is 1.31 bits per heavy atom. The molecule has 0 radical (unpaired) electrons. The number of aliphatic hydroxyl groups excluding tert-OH is 1. The Kier molecular flexibility index (Phi) is 21.3. The lowest BCUT2D eigenvalue weighted by Gasteiger charge is -2.30. The molecule has 0 bridgehead atoms. The lowest BCUT2D eigenvalue weighted by atomic mass is 10.0. The number of unbranched alkanes of at least 4 members (excludes halogenated alkanes) is 2. The quantitative estimate of drug-likeness (QED) is 0.0249. The lowest BCUT2D eigenvalue weighted by Crippen LogP contribution is -2.59. The highest BCUT2D eigenvalue weighted by molar-refractivity contribution is 5.96. The molecule has 0 aromatic carbocycles. The number of nitrogens with two attached hydrogens (primary N) is 5. The van der Waals surface area contributed by atoms with Gasteiger partial charge in [0.25, 0.3) is 0 Å². The van der Waals surface area contributed by atoms with Crippen LogP contribution in [0.2, 0.25) is 0 Å². The van der Waals surface area contributed by atoms with E-state index in [2.05, 4.69) is 26.3 Å². The summed E-state index contributed by atoms with van der Waals surface area (Å²) >= 11 is 0. The van der Waals surface area contributed by atoms with Crippen molar-refractivity contribution in [2.45, 2.75) is 121 Å². The molecule has 51 heavy (non-hydrogen) atoms. The largest absolute Gasteiger partial charge is 0.480 e. The van der Waals surface area contributed by atoms with Crippen molar-refractivity contribution in [3.63, 3.8) is 0 Å². The number of nitrogens with one attached hydrogen (secondary N) is 4. The summed E-state index contributed by atoms with van der Waals surface area (Å²) in [6, 6.07) is -6.78. The third kappa shape index (κ3) is 16.7. The second-order valence-corrected chi connectivity index (χ2v) is 13.2. The molecule has 0 unspecified atom stereocenters. The van der Waals surface area contributed by atoms with Crippen molar-refractivity contribution >= 4 is 41.5 Å². The molecule has 19 heteroatoms. The van der Waals surface area contributed by atoms with Gasteiger partial charge < -0.3 is 65.0 Å². The number of aliphatic carboxylic acids is 1. The van der Waals surface area contributed by atoms with Crippen LogP contribution in [-0.4, -0.2) is 126 Å². The first-order chi connectivity index (χ1) is 24.2. The van der Waals surface area contributed by atoms with Gasteiger partial charge in [0, 0.05) is 13.1 Å². The fourth-order valence-electron chi connectivity index (χ4n) is 5.68. The Labute approximate surface area is 299 Å². The molecule has 0 aromatic heterocycles. The summed E-state index contributed by atoms with van der Waals surface area (Å²) in [5, 5.41) is 29.9. The number of carboxylic acids is 1. The van der Waals surface area contributed by atoms with Gasteiger partial charge in [-0.1, -0.05) is 13.8 Å². The molecule has 1 saturated heterocycles. The fraction of sp³-hybridized carbons (Fsp3) is 0.781. The number of carboxylic acid groups (broad SMARTS) is 1. The highest BCUT2D eigenvalue weighted by Gasteiger charge is 2.39. The van der Waals surface area contributed by atoms with E-state index < -0.39 is 78.4 Å². The van der Waals surface area contributed by atoms with Gasteiger partial charge in [-0.15, -0.1) is 0 Å². The van der Waals surface area contributed by atoms with Crippen molar-refractivity contribution in [1.29, 1.82) is 0 Å². The lowest BCUT2D eigenvalue weighted by molar-refractivity contribution is -0.143. The highest BCUT2D eigenvalue weighted by atomic mass is 16.4. The van der Waals surface area contributed by atoms with Crippen LogP contribution in [0.15, 0.2) is 4.99 Å². The summed E-state index contributed by atoms with van der Waals surface area (Å²) in [6.45, 7) is 4.07. The average Bonchev–Trinajstić information content (AvgIpc) is 3.57. The SMILES string of the molecule is CC(C)C[C@H](N)C(=O)N[C@@H](CO)C(=O)N1CCC[C@H]1C(=O)N[C@@H](CCCN=C(N)N)C(=O)N[C@@H](CCCCN)C(=O)N[C@@H](CCCCN)C(=O)O. The number of hydrogen-bond donors (Lipinski definition) is 11. The number of hydrogen-bond acceptors (Lipinski definition) is 11. The molecule has 1 aliphatic heterocycles. The van der Waals surface area contributed by atoms with Crippen molar-refractivity contribution in [3.8, 4) is 0 Å². The fourth-order valence-corrected chi connectivity index (χ4v) is 5.68. The number of carbonyl (C=O) groups excluding carboxylic acids is 5. The summed E-state index contributed by atoms with van der Waals surface area (Å²) in [7, 11) is 0. The Bertz CT molecular complexity index is 1170. The predicted octanol–water partition coefficient (Wildman–Crippen LogP) is -3.32. The van der Waals surface area contributed by atoms with Crippen molar-refractivity contribution in [3.05, 3.63) is 0 Å². The van der Waals surface area contributed by atoms with E-state index in [9.17, 15) is 39.0 Å². The molecule has 0 aromatic rings. The van der Waals surface area contributed by atoms with Gasteiger partial charge in [-0.25, -0.2) is 4.79 Å². The van der Waals surface area contributed by atoms with Crippen LogP contribution < -0.4 is 49.9 Å². The van der Waals surface area contributed by atoms with Gasteiger partial charge >= 0.3 is 5.97 Å². The molecule has 6 atom stereocenters. The van der Waals surface area contributed by atoms with E-state index >= 15 is 0 Å². The van der Waals surface area contributed by atoms with Crippen LogP contribution >= 0.6 is 0 Å². The minimum Gasteiger partial charge on any atom is -0.480 e. The van der Waals surface area contributed by atoms with E-state index in [4.69, 9.17) is 28.7 Å². The van der Waals surface area contributed by atoms with Gasteiger partial charge in [0.1, 0.15) is 30.2 Å². The Hall–Kier alpha value is -4.07. The van der Waals surface area contributed by atoms with Crippen LogP contribution in [0, 0.1) is 5.92 Å². The zero-order valence-electron chi connectivity index (χ0n) is 30.0. The maximum Gasteiger partial charge on any atom is 0.326 e. The summed E-state index contributed by atoms with van der Waals surface area (Å²) < 4.78 is 0. The summed E-state index contributed by atoms with van der Waals surface area (Å²) in [5.41, 5.74) is 27.9. The summed E-state index contributed by atoms with van der Waals surface area (Å²) in [5.74, 6) is -4.63. The standard InChI is InChI=1S/C32H61N11O8/c1-19(2)17-20(35)26(45)42-24(18-44)30(49)43-16-8-12-25(43)29(48)40-22(11-7-15-38-32(36)37)27(46)39-21(9-3-5-13-33)28(47)41-23(31(50)51)10-4-6-14-34/h19-25,44H,3-18,33-35H2,1-2H3,(H,39,46)(H,40,48)(H,41,47)(H,42,45)(H,50,51)(H4,36,37,38)/t20-,21-,22-,23-,24-,25-/m0/s1. The molecule has 0 aliphatic carbocycles. The minimum absolute atomic E-state index is 0.0477.